The number of hydrogen-bond donors (Lipinski definition) is 1. The van der Waals surface area contributed by atoms with Gasteiger partial charge in [0, 0.05) is 19.2 Å². The third kappa shape index (κ3) is 4.58. The molecule has 0 aromatic rings. The van der Waals surface area contributed by atoms with Gasteiger partial charge in [-0.15, -0.1) is 0 Å². The van der Waals surface area contributed by atoms with Crippen molar-refractivity contribution >= 4 is 6.47 Å². The summed E-state index contributed by atoms with van der Waals surface area (Å²) in [5, 5.41) is 6.89. The SMILES string of the molecule is COCC1CCCN1C(C)C.O=CO. The molecular formula is C10H21NO3. The fraction of sp³-hybridized carbons (Fsp3) is 0.900. The lowest BCUT2D eigenvalue weighted by atomic mass is 10.2. The number of methoxy groups -OCH3 is 1. The lowest BCUT2D eigenvalue weighted by molar-refractivity contribution is -0.122. The van der Waals surface area contributed by atoms with E-state index >= 15 is 0 Å². The molecular weight excluding hydrogens is 182 g/mol. The Morgan fingerprint density at radius 2 is 2.21 bits per heavy atom. The first kappa shape index (κ1) is 13.4. The van der Waals surface area contributed by atoms with Gasteiger partial charge in [0.2, 0.25) is 0 Å². The summed E-state index contributed by atoms with van der Waals surface area (Å²) < 4.78 is 5.16. The standard InChI is InChI=1S/C9H19NO.CH2O2/c1-8(2)10-6-4-5-9(10)7-11-3;2-1-3/h8-9H,4-7H2,1-3H3;1H,(H,2,3). The molecule has 0 saturated carbocycles. The van der Waals surface area contributed by atoms with Crippen molar-refractivity contribution in [3.8, 4) is 0 Å². The minimum Gasteiger partial charge on any atom is -0.483 e. The molecule has 1 saturated heterocycles. The number of carbonyl (C=O) groups is 1. The number of carboxylic acid groups (broad SMARTS) is 1. The Kier molecular flexibility index (Phi) is 7.42. The second-order valence-corrected chi connectivity index (χ2v) is 3.69. The van der Waals surface area contributed by atoms with E-state index in [1.54, 1.807) is 7.11 Å². The molecule has 0 spiro atoms. The Morgan fingerprint density at radius 1 is 1.64 bits per heavy atom. The van der Waals surface area contributed by atoms with Crippen molar-refractivity contribution in [1.82, 2.24) is 4.90 Å². The van der Waals surface area contributed by atoms with E-state index in [0.717, 1.165) is 6.61 Å². The van der Waals surface area contributed by atoms with Crippen LogP contribution in [0.2, 0.25) is 0 Å². The third-order valence-electron chi connectivity index (χ3n) is 2.45. The second-order valence-electron chi connectivity index (χ2n) is 3.69. The van der Waals surface area contributed by atoms with E-state index in [9.17, 15) is 0 Å². The summed E-state index contributed by atoms with van der Waals surface area (Å²) in [5.74, 6) is 0. The van der Waals surface area contributed by atoms with Crippen molar-refractivity contribution < 1.29 is 14.6 Å². The van der Waals surface area contributed by atoms with Crippen molar-refractivity contribution in [3.05, 3.63) is 0 Å². The van der Waals surface area contributed by atoms with Crippen LogP contribution >= 0.6 is 0 Å². The van der Waals surface area contributed by atoms with E-state index in [4.69, 9.17) is 14.6 Å². The van der Waals surface area contributed by atoms with Crippen molar-refractivity contribution in [1.29, 1.82) is 0 Å². The average Bonchev–Trinajstić information content (AvgIpc) is 2.54. The topological polar surface area (TPSA) is 49.8 Å². The van der Waals surface area contributed by atoms with Crippen LogP contribution in [-0.4, -0.2) is 48.8 Å². The summed E-state index contributed by atoms with van der Waals surface area (Å²) >= 11 is 0. The molecule has 1 aliphatic heterocycles. The molecule has 1 N–H and O–H groups in total. The predicted octanol–water partition coefficient (Wildman–Crippen LogP) is 1.21. The first-order valence-electron chi connectivity index (χ1n) is 4.99. The summed E-state index contributed by atoms with van der Waals surface area (Å²) in [7, 11) is 1.79. The predicted molar refractivity (Wildman–Crippen MR) is 55.4 cm³/mol. The van der Waals surface area contributed by atoms with Crippen LogP contribution in [0.15, 0.2) is 0 Å². The Balaban J connectivity index is 0.000000500. The van der Waals surface area contributed by atoms with Gasteiger partial charge in [-0.05, 0) is 33.2 Å². The van der Waals surface area contributed by atoms with Crippen molar-refractivity contribution in [2.45, 2.75) is 38.8 Å². The van der Waals surface area contributed by atoms with E-state index in [-0.39, 0.29) is 6.47 Å². The zero-order chi connectivity index (χ0) is 11.0. The molecule has 0 aromatic heterocycles. The quantitative estimate of drug-likeness (QED) is 0.700. The number of likely N-dealkylation sites (tertiary alicyclic amines) is 1. The summed E-state index contributed by atoms with van der Waals surface area (Å²) in [6.45, 7) is 6.42. The van der Waals surface area contributed by atoms with Crippen LogP contribution in [0.3, 0.4) is 0 Å². The molecule has 1 fully saturated rings. The largest absolute Gasteiger partial charge is 0.483 e. The van der Waals surface area contributed by atoms with Gasteiger partial charge in [-0.3, -0.25) is 9.69 Å². The smallest absolute Gasteiger partial charge is 0.290 e. The summed E-state index contributed by atoms with van der Waals surface area (Å²) in [5.41, 5.74) is 0. The third-order valence-corrected chi connectivity index (χ3v) is 2.45. The molecule has 0 bridgehead atoms. The molecule has 1 atom stereocenters. The van der Waals surface area contributed by atoms with Crippen molar-refractivity contribution in [2.24, 2.45) is 0 Å². The zero-order valence-corrected chi connectivity index (χ0v) is 9.27. The molecule has 1 unspecified atom stereocenters. The van der Waals surface area contributed by atoms with E-state index < -0.39 is 0 Å². The molecule has 1 rings (SSSR count). The monoisotopic (exact) mass is 203 g/mol. The number of rotatable bonds is 3. The van der Waals surface area contributed by atoms with Gasteiger partial charge < -0.3 is 9.84 Å². The highest BCUT2D eigenvalue weighted by molar-refractivity contribution is 5.32. The molecule has 1 aliphatic rings. The van der Waals surface area contributed by atoms with Gasteiger partial charge in [-0.25, -0.2) is 0 Å². The Hall–Kier alpha value is -0.610. The van der Waals surface area contributed by atoms with Gasteiger partial charge in [0.25, 0.3) is 6.47 Å². The van der Waals surface area contributed by atoms with Gasteiger partial charge >= 0.3 is 0 Å². The lowest BCUT2D eigenvalue weighted by Crippen LogP contribution is -2.37. The van der Waals surface area contributed by atoms with Crippen LogP contribution in [0, 0.1) is 0 Å². The molecule has 84 valence electrons. The van der Waals surface area contributed by atoms with E-state index in [1.165, 1.54) is 19.4 Å². The molecule has 1 heterocycles. The Morgan fingerprint density at radius 3 is 2.64 bits per heavy atom. The van der Waals surface area contributed by atoms with Crippen molar-refractivity contribution in [2.75, 3.05) is 20.3 Å². The average molecular weight is 203 g/mol. The molecule has 0 amide bonds. The number of ether oxygens (including phenoxy) is 1. The fourth-order valence-electron chi connectivity index (χ4n) is 1.91. The molecule has 0 aliphatic carbocycles. The van der Waals surface area contributed by atoms with Crippen molar-refractivity contribution in [3.63, 3.8) is 0 Å². The first-order chi connectivity index (χ1) is 6.67. The van der Waals surface area contributed by atoms with Gasteiger partial charge in [-0.1, -0.05) is 0 Å². The number of nitrogens with zero attached hydrogens (tertiary/aromatic N) is 1. The minimum atomic E-state index is -0.250. The van der Waals surface area contributed by atoms with Gasteiger partial charge in [0.05, 0.1) is 6.61 Å². The highest BCUT2D eigenvalue weighted by Crippen LogP contribution is 2.19. The van der Waals surface area contributed by atoms with E-state index in [2.05, 4.69) is 18.7 Å². The molecule has 0 aromatic carbocycles. The van der Waals surface area contributed by atoms with Crippen LogP contribution in [0.5, 0.6) is 0 Å². The minimum absolute atomic E-state index is 0.250. The normalized spacial score (nSPS) is 21.9. The lowest BCUT2D eigenvalue weighted by Gasteiger charge is -2.27. The zero-order valence-electron chi connectivity index (χ0n) is 9.27. The van der Waals surface area contributed by atoms with Crippen LogP contribution in [0.25, 0.3) is 0 Å². The van der Waals surface area contributed by atoms with Crippen LogP contribution in [-0.2, 0) is 9.53 Å². The summed E-state index contributed by atoms with van der Waals surface area (Å²) in [6, 6.07) is 1.36. The maximum atomic E-state index is 8.36. The maximum absolute atomic E-state index is 8.36. The van der Waals surface area contributed by atoms with E-state index in [1.807, 2.05) is 0 Å². The Labute approximate surface area is 85.9 Å². The molecule has 4 nitrogen and oxygen atoms in total. The van der Waals surface area contributed by atoms with Gasteiger partial charge in [-0.2, -0.15) is 0 Å². The summed E-state index contributed by atoms with van der Waals surface area (Å²) in [4.78, 5) is 10.9. The Bertz CT molecular complexity index is 150. The highest BCUT2D eigenvalue weighted by Gasteiger charge is 2.25. The van der Waals surface area contributed by atoms with Gasteiger partial charge in [0.15, 0.2) is 0 Å². The second kappa shape index (κ2) is 7.76. The number of hydrogen-bond acceptors (Lipinski definition) is 3. The van der Waals surface area contributed by atoms with Gasteiger partial charge in [0.1, 0.15) is 0 Å². The first-order valence-corrected chi connectivity index (χ1v) is 4.99. The highest BCUT2D eigenvalue weighted by atomic mass is 16.5. The molecule has 0 radical (unpaired) electrons. The summed E-state index contributed by atoms with van der Waals surface area (Å²) in [6.07, 6.45) is 2.65. The van der Waals surface area contributed by atoms with Crippen LogP contribution in [0.1, 0.15) is 26.7 Å². The maximum Gasteiger partial charge on any atom is 0.290 e. The van der Waals surface area contributed by atoms with Crippen LogP contribution in [0.4, 0.5) is 0 Å². The van der Waals surface area contributed by atoms with Crippen LogP contribution < -0.4 is 0 Å². The molecule has 14 heavy (non-hydrogen) atoms. The fourth-order valence-corrected chi connectivity index (χ4v) is 1.91. The van der Waals surface area contributed by atoms with E-state index in [0.29, 0.717) is 12.1 Å². The molecule has 4 heteroatoms.